The van der Waals surface area contributed by atoms with Gasteiger partial charge in [-0.05, 0) is 37.5 Å². The third-order valence-electron chi connectivity index (χ3n) is 3.03. The summed E-state index contributed by atoms with van der Waals surface area (Å²) >= 11 is 0. The highest BCUT2D eigenvalue weighted by Crippen LogP contribution is 2.28. The molecule has 0 aliphatic heterocycles. The van der Waals surface area contributed by atoms with E-state index in [1.165, 1.54) is 18.6 Å². The predicted octanol–water partition coefficient (Wildman–Crippen LogP) is 1.78. The van der Waals surface area contributed by atoms with E-state index in [4.69, 9.17) is 5.73 Å². The van der Waals surface area contributed by atoms with Crippen LogP contribution >= 0.6 is 0 Å². The molecule has 0 saturated heterocycles. The van der Waals surface area contributed by atoms with Crippen LogP contribution in [0, 0.1) is 20.8 Å². The largest absolute Gasteiger partial charge is 0.398 e. The van der Waals surface area contributed by atoms with Gasteiger partial charge < -0.3 is 5.73 Å². The van der Waals surface area contributed by atoms with E-state index in [0.717, 1.165) is 5.56 Å². The lowest BCUT2D eigenvalue weighted by Gasteiger charge is -2.15. The molecule has 0 aliphatic rings. The predicted molar refractivity (Wildman–Crippen MR) is 77.9 cm³/mol. The summed E-state index contributed by atoms with van der Waals surface area (Å²) < 4.78 is 27.4. The van der Waals surface area contributed by atoms with Gasteiger partial charge in [-0.1, -0.05) is 6.07 Å². The highest BCUT2D eigenvalue weighted by atomic mass is 32.2. The molecule has 0 fully saturated rings. The molecule has 0 aliphatic carbocycles. The van der Waals surface area contributed by atoms with E-state index in [1.807, 2.05) is 6.92 Å². The van der Waals surface area contributed by atoms with Crippen LogP contribution in [0.25, 0.3) is 0 Å². The second kappa shape index (κ2) is 5.09. The van der Waals surface area contributed by atoms with E-state index in [-0.39, 0.29) is 10.7 Å². The molecule has 0 unspecified atom stereocenters. The fourth-order valence-electron chi connectivity index (χ4n) is 2.14. The zero-order valence-corrected chi connectivity index (χ0v) is 12.3. The number of hydrogen-bond donors (Lipinski definition) is 2. The molecule has 2 aromatic rings. The monoisotopic (exact) mass is 292 g/mol. The first-order valence-electron chi connectivity index (χ1n) is 5.98. The normalized spacial score (nSPS) is 11.3. The third kappa shape index (κ3) is 2.57. The number of nitrogens with zero attached hydrogens (tertiary/aromatic N) is 2. The Balaban J connectivity index is 2.53. The van der Waals surface area contributed by atoms with Gasteiger partial charge >= 0.3 is 0 Å². The smallest absolute Gasteiger partial charge is 0.263 e. The van der Waals surface area contributed by atoms with E-state index in [2.05, 4.69) is 14.7 Å². The number of benzene rings is 1. The minimum atomic E-state index is -3.75. The van der Waals surface area contributed by atoms with Crippen molar-refractivity contribution in [3.63, 3.8) is 0 Å². The zero-order chi connectivity index (χ0) is 14.9. The Labute approximate surface area is 118 Å². The number of nitrogen functional groups attached to an aromatic ring is 1. The first kappa shape index (κ1) is 14.3. The Morgan fingerprint density at radius 1 is 1.15 bits per heavy atom. The number of nitrogens with one attached hydrogen (secondary N) is 1. The zero-order valence-electron chi connectivity index (χ0n) is 11.5. The lowest BCUT2D eigenvalue weighted by Crippen LogP contribution is -2.17. The van der Waals surface area contributed by atoms with Crippen molar-refractivity contribution in [1.82, 2.24) is 9.97 Å². The molecule has 7 heteroatoms. The van der Waals surface area contributed by atoms with E-state index in [9.17, 15) is 8.42 Å². The second-order valence-corrected chi connectivity index (χ2v) is 6.19. The summed E-state index contributed by atoms with van der Waals surface area (Å²) in [4.78, 5) is 7.92. The van der Waals surface area contributed by atoms with Crippen LogP contribution < -0.4 is 10.5 Å². The van der Waals surface area contributed by atoms with E-state index in [0.29, 0.717) is 16.8 Å². The summed E-state index contributed by atoms with van der Waals surface area (Å²) in [6.45, 7) is 5.28. The number of hydrogen-bond acceptors (Lipinski definition) is 5. The van der Waals surface area contributed by atoms with Crippen LogP contribution in [-0.4, -0.2) is 18.4 Å². The molecule has 3 N–H and O–H groups in total. The lowest BCUT2D eigenvalue weighted by atomic mass is 10.1. The van der Waals surface area contributed by atoms with E-state index < -0.39 is 10.0 Å². The molecule has 0 radical (unpaired) electrons. The molecular weight excluding hydrogens is 276 g/mol. The number of rotatable bonds is 3. The van der Waals surface area contributed by atoms with Gasteiger partial charge in [0.25, 0.3) is 10.0 Å². The SMILES string of the molecule is Cc1cc(C)c(S(=O)(=O)Nc2cnccn2)c(C)c1N. The summed E-state index contributed by atoms with van der Waals surface area (Å²) in [5, 5.41) is 0. The third-order valence-corrected chi connectivity index (χ3v) is 4.67. The fraction of sp³-hybridized carbons (Fsp3) is 0.231. The molecule has 20 heavy (non-hydrogen) atoms. The molecule has 106 valence electrons. The van der Waals surface area contributed by atoms with Crippen molar-refractivity contribution in [1.29, 1.82) is 0 Å². The summed E-state index contributed by atoms with van der Waals surface area (Å²) in [6.07, 6.45) is 4.24. The second-order valence-electron chi connectivity index (χ2n) is 4.57. The van der Waals surface area contributed by atoms with E-state index in [1.54, 1.807) is 19.9 Å². The minimum absolute atomic E-state index is 0.172. The summed E-state index contributed by atoms with van der Waals surface area (Å²) in [5.41, 5.74) is 8.45. The Morgan fingerprint density at radius 2 is 1.85 bits per heavy atom. The maximum absolute atomic E-state index is 12.5. The molecule has 0 atom stereocenters. The Bertz CT molecular complexity index is 743. The Hall–Kier alpha value is -2.15. The van der Waals surface area contributed by atoms with E-state index >= 15 is 0 Å². The quantitative estimate of drug-likeness (QED) is 0.840. The van der Waals surface area contributed by atoms with Gasteiger partial charge in [-0.3, -0.25) is 9.71 Å². The van der Waals surface area contributed by atoms with Crippen LogP contribution in [0.2, 0.25) is 0 Å². The van der Waals surface area contributed by atoms with Crippen LogP contribution in [-0.2, 0) is 10.0 Å². The van der Waals surface area contributed by atoms with Gasteiger partial charge in [-0.2, -0.15) is 0 Å². The highest BCUT2D eigenvalue weighted by Gasteiger charge is 2.22. The van der Waals surface area contributed by atoms with Crippen molar-refractivity contribution in [2.45, 2.75) is 25.7 Å². The van der Waals surface area contributed by atoms with Gasteiger partial charge in [0.05, 0.1) is 11.1 Å². The molecule has 1 aromatic carbocycles. The summed E-state index contributed by atoms with van der Waals surface area (Å²) in [5.74, 6) is 0.172. The molecule has 1 aromatic heterocycles. The average molecular weight is 292 g/mol. The Kier molecular flexibility index (Phi) is 3.63. The van der Waals surface area contributed by atoms with Crippen LogP contribution in [0.5, 0.6) is 0 Å². The fourth-order valence-corrected chi connectivity index (χ4v) is 3.61. The standard InChI is InChI=1S/C13H16N4O2S/c1-8-6-9(2)13(10(3)12(8)14)20(18,19)17-11-7-15-4-5-16-11/h4-7H,14H2,1-3H3,(H,16,17). The molecule has 0 spiro atoms. The van der Waals surface area contributed by atoms with Crippen molar-refractivity contribution in [2.75, 3.05) is 10.5 Å². The highest BCUT2D eigenvalue weighted by molar-refractivity contribution is 7.92. The van der Waals surface area contributed by atoms with Gasteiger partial charge in [-0.25, -0.2) is 13.4 Å². The van der Waals surface area contributed by atoms with Gasteiger partial charge in [0, 0.05) is 18.1 Å². The van der Waals surface area contributed by atoms with Crippen LogP contribution in [0.15, 0.2) is 29.6 Å². The van der Waals surface area contributed by atoms with Crippen molar-refractivity contribution in [3.8, 4) is 0 Å². The molecule has 0 amide bonds. The van der Waals surface area contributed by atoms with Gasteiger partial charge in [0.2, 0.25) is 0 Å². The van der Waals surface area contributed by atoms with Crippen molar-refractivity contribution in [3.05, 3.63) is 41.3 Å². The average Bonchev–Trinajstić information content (AvgIpc) is 2.36. The maximum atomic E-state index is 12.5. The van der Waals surface area contributed by atoms with Gasteiger partial charge in [-0.15, -0.1) is 0 Å². The Morgan fingerprint density at radius 3 is 2.45 bits per heavy atom. The number of aromatic nitrogens is 2. The molecule has 6 nitrogen and oxygen atoms in total. The molecule has 1 heterocycles. The van der Waals surface area contributed by atoms with Gasteiger partial charge in [0.15, 0.2) is 5.82 Å². The maximum Gasteiger partial charge on any atom is 0.263 e. The number of nitrogens with two attached hydrogens (primary N) is 1. The summed E-state index contributed by atoms with van der Waals surface area (Å²) in [6, 6.07) is 1.76. The topological polar surface area (TPSA) is 98.0 Å². The van der Waals surface area contributed by atoms with Gasteiger partial charge in [0.1, 0.15) is 0 Å². The molecular formula is C13H16N4O2S. The van der Waals surface area contributed by atoms with Crippen LogP contribution in [0.3, 0.4) is 0 Å². The molecule has 0 bridgehead atoms. The van der Waals surface area contributed by atoms with Crippen molar-refractivity contribution < 1.29 is 8.42 Å². The van der Waals surface area contributed by atoms with Crippen LogP contribution in [0.4, 0.5) is 11.5 Å². The molecule has 2 rings (SSSR count). The minimum Gasteiger partial charge on any atom is -0.398 e. The first-order chi connectivity index (χ1) is 9.33. The van der Waals surface area contributed by atoms with Crippen molar-refractivity contribution in [2.24, 2.45) is 0 Å². The number of anilines is 2. The lowest BCUT2D eigenvalue weighted by molar-refractivity contribution is 0.600. The van der Waals surface area contributed by atoms with Crippen LogP contribution in [0.1, 0.15) is 16.7 Å². The number of sulfonamides is 1. The number of aryl methyl sites for hydroxylation is 2. The van der Waals surface area contributed by atoms with Crippen molar-refractivity contribution >= 4 is 21.5 Å². The molecule has 0 saturated carbocycles. The summed E-state index contributed by atoms with van der Waals surface area (Å²) in [7, 11) is -3.75. The first-order valence-corrected chi connectivity index (χ1v) is 7.46.